The van der Waals surface area contributed by atoms with E-state index < -0.39 is 0 Å². The van der Waals surface area contributed by atoms with Crippen molar-refractivity contribution in [2.24, 2.45) is 5.92 Å². The van der Waals surface area contributed by atoms with Crippen LogP contribution in [-0.2, 0) is 12.8 Å². The van der Waals surface area contributed by atoms with Gasteiger partial charge in [-0.25, -0.2) is 0 Å². The third-order valence-electron chi connectivity index (χ3n) is 2.91. The van der Waals surface area contributed by atoms with Crippen LogP contribution in [0.15, 0.2) is 28.7 Å². The van der Waals surface area contributed by atoms with Crippen LogP contribution in [0, 0.1) is 5.92 Å². The zero-order chi connectivity index (χ0) is 13.1. The van der Waals surface area contributed by atoms with E-state index in [9.17, 15) is 0 Å². The van der Waals surface area contributed by atoms with Gasteiger partial charge in [0, 0.05) is 12.0 Å². The first-order chi connectivity index (χ1) is 8.60. The van der Waals surface area contributed by atoms with Crippen LogP contribution in [-0.4, -0.2) is 4.98 Å². The van der Waals surface area contributed by atoms with E-state index in [2.05, 4.69) is 43.1 Å². The Morgan fingerprint density at radius 1 is 1.22 bits per heavy atom. The number of benzene rings is 1. The van der Waals surface area contributed by atoms with Gasteiger partial charge in [-0.05, 0) is 17.9 Å². The molecule has 18 heavy (non-hydrogen) atoms. The SMILES string of the molecule is CCc1oc(N)nc1-c1ccc(CC(C)C)cc1. The molecule has 0 aliphatic rings. The van der Waals surface area contributed by atoms with Gasteiger partial charge >= 0.3 is 0 Å². The van der Waals surface area contributed by atoms with Crippen LogP contribution >= 0.6 is 0 Å². The molecule has 3 nitrogen and oxygen atoms in total. The summed E-state index contributed by atoms with van der Waals surface area (Å²) in [7, 11) is 0. The number of nitrogens with two attached hydrogens (primary N) is 1. The zero-order valence-electron chi connectivity index (χ0n) is 11.2. The molecule has 0 amide bonds. The summed E-state index contributed by atoms with van der Waals surface area (Å²) in [6, 6.07) is 8.73. The molecule has 96 valence electrons. The number of anilines is 1. The van der Waals surface area contributed by atoms with Gasteiger partial charge in [-0.2, -0.15) is 4.98 Å². The summed E-state index contributed by atoms with van der Waals surface area (Å²) >= 11 is 0. The van der Waals surface area contributed by atoms with Crippen molar-refractivity contribution in [2.45, 2.75) is 33.6 Å². The molecule has 0 aliphatic heterocycles. The number of rotatable bonds is 4. The number of aryl methyl sites for hydroxylation is 1. The molecule has 0 radical (unpaired) electrons. The van der Waals surface area contributed by atoms with Crippen molar-refractivity contribution in [3.63, 3.8) is 0 Å². The summed E-state index contributed by atoms with van der Waals surface area (Å²) < 4.78 is 5.38. The molecule has 0 aliphatic carbocycles. The van der Waals surface area contributed by atoms with Crippen molar-refractivity contribution in [3.05, 3.63) is 35.6 Å². The molecular formula is C15H20N2O. The second-order valence-electron chi connectivity index (χ2n) is 4.97. The molecule has 0 unspecified atom stereocenters. The lowest BCUT2D eigenvalue weighted by Crippen LogP contribution is -1.93. The maximum atomic E-state index is 5.61. The number of aromatic nitrogens is 1. The Morgan fingerprint density at radius 2 is 1.89 bits per heavy atom. The number of nitrogens with zero attached hydrogens (tertiary/aromatic N) is 1. The third kappa shape index (κ3) is 2.73. The van der Waals surface area contributed by atoms with Gasteiger partial charge < -0.3 is 10.2 Å². The lowest BCUT2D eigenvalue weighted by Gasteiger charge is -2.05. The average molecular weight is 244 g/mol. The number of hydrogen-bond acceptors (Lipinski definition) is 3. The van der Waals surface area contributed by atoms with E-state index in [1.54, 1.807) is 0 Å². The van der Waals surface area contributed by atoms with Gasteiger partial charge in [0.05, 0.1) is 0 Å². The molecule has 3 heteroatoms. The summed E-state index contributed by atoms with van der Waals surface area (Å²) in [5.74, 6) is 1.52. The molecule has 0 saturated carbocycles. The van der Waals surface area contributed by atoms with E-state index in [1.807, 2.05) is 6.92 Å². The van der Waals surface area contributed by atoms with Gasteiger partial charge in [0.2, 0.25) is 0 Å². The molecule has 1 aromatic carbocycles. The molecule has 1 heterocycles. The van der Waals surface area contributed by atoms with Crippen molar-refractivity contribution < 1.29 is 4.42 Å². The van der Waals surface area contributed by atoms with E-state index >= 15 is 0 Å². The van der Waals surface area contributed by atoms with Crippen molar-refractivity contribution in [1.29, 1.82) is 0 Å². The quantitative estimate of drug-likeness (QED) is 0.892. The predicted octanol–water partition coefficient (Wildman–Crippen LogP) is 3.68. The largest absolute Gasteiger partial charge is 0.428 e. The van der Waals surface area contributed by atoms with Crippen LogP contribution in [0.25, 0.3) is 11.3 Å². The zero-order valence-corrected chi connectivity index (χ0v) is 11.2. The standard InChI is InChI=1S/C15H20N2O/c1-4-13-14(17-15(16)18-13)12-7-5-11(6-8-12)9-10(2)3/h5-8,10H,4,9H2,1-3H3,(H2,16,17). The first-order valence-electron chi connectivity index (χ1n) is 6.44. The van der Waals surface area contributed by atoms with E-state index in [0.29, 0.717) is 5.92 Å². The van der Waals surface area contributed by atoms with Crippen LogP contribution in [0.5, 0.6) is 0 Å². The second-order valence-corrected chi connectivity index (χ2v) is 4.97. The summed E-state index contributed by atoms with van der Waals surface area (Å²) in [5.41, 5.74) is 8.90. The van der Waals surface area contributed by atoms with Crippen LogP contribution < -0.4 is 5.73 Å². The Labute approximate surface area is 108 Å². The van der Waals surface area contributed by atoms with Crippen LogP contribution in [0.4, 0.5) is 6.01 Å². The highest BCUT2D eigenvalue weighted by atomic mass is 16.4. The Balaban J connectivity index is 2.28. The summed E-state index contributed by atoms with van der Waals surface area (Å²) in [6.07, 6.45) is 1.90. The van der Waals surface area contributed by atoms with E-state index in [4.69, 9.17) is 10.2 Å². The first kappa shape index (κ1) is 12.7. The Bertz CT molecular complexity index is 512. The van der Waals surface area contributed by atoms with Crippen LogP contribution in [0.3, 0.4) is 0 Å². The highest BCUT2D eigenvalue weighted by Crippen LogP contribution is 2.26. The maximum Gasteiger partial charge on any atom is 0.292 e. The number of nitrogen functional groups attached to an aromatic ring is 1. The van der Waals surface area contributed by atoms with Gasteiger partial charge in [0.1, 0.15) is 11.5 Å². The van der Waals surface area contributed by atoms with Gasteiger partial charge in [0.25, 0.3) is 6.01 Å². The van der Waals surface area contributed by atoms with E-state index in [-0.39, 0.29) is 6.01 Å². The second kappa shape index (κ2) is 5.25. The smallest absolute Gasteiger partial charge is 0.292 e. The molecule has 0 spiro atoms. The van der Waals surface area contributed by atoms with Crippen molar-refractivity contribution in [3.8, 4) is 11.3 Å². The van der Waals surface area contributed by atoms with E-state index in [1.165, 1.54) is 5.56 Å². The highest BCUT2D eigenvalue weighted by molar-refractivity contribution is 5.62. The van der Waals surface area contributed by atoms with Crippen molar-refractivity contribution in [2.75, 3.05) is 5.73 Å². The normalized spacial score (nSPS) is 11.1. The molecule has 2 rings (SSSR count). The molecule has 0 bridgehead atoms. The Kier molecular flexibility index (Phi) is 3.70. The minimum atomic E-state index is 0.244. The van der Waals surface area contributed by atoms with Gasteiger partial charge in [0.15, 0.2) is 0 Å². The topological polar surface area (TPSA) is 52.0 Å². The van der Waals surface area contributed by atoms with Gasteiger partial charge in [-0.15, -0.1) is 0 Å². The number of oxazole rings is 1. The molecule has 1 aromatic heterocycles. The third-order valence-corrected chi connectivity index (χ3v) is 2.91. The molecule has 0 fully saturated rings. The fourth-order valence-corrected chi connectivity index (χ4v) is 2.11. The summed E-state index contributed by atoms with van der Waals surface area (Å²) in [5, 5.41) is 0. The molecule has 0 saturated heterocycles. The highest BCUT2D eigenvalue weighted by Gasteiger charge is 2.11. The predicted molar refractivity (Wildman–Crippen MR) is 74.3 cm³/mol. The van der Waals surface area contributed by atoms with Gasteiger partial charge in [-0.1, -0.05) is 45.0 Å². The minimum absolute atomic E-state index is 0.244. The van der Waals surface area contributed by atoms with Crippen LogP contribution in [0.1, 0.15) is 32.1 Å². The van der Waals surface area contributed by atoms with Crippen LogP contribution in [0.2, 0.25) is 0 Å². The Morgan fingerprint density at radius 3 is 2.44 bits per heavy atom. The Hall–Kier alpha value is -1.77. The fraction of sp³-hybridized carbons (Fsp3) is 0.400. The summed E-state index contributed by atoms with van der Waals surface area (Å²) in [6.45, 7) is 6.49. The van der Waals surface area contributed by atoms with Crippen molar-refractivity contribution >= 4 is 6.01 Å². The molecule has 2 N–H and O–H groups in total. The van der Waals surface area contributed by atoms with E-state index in [0.717, 1.165) is 29.9 Å². The molecule has 0 atom stereocenters. The first-order valence-corrected chi connectivity index (χ1v) is 6.44. The minimum Gasteiger partial charge on any atom is -0.428 e. The lowest BCUT2D eigenvalue weighted by atomic mass is 10.0. The van der Waals surface area contributed by atoms with Gasteiger partial charge in [-0.3, -0.25) is 0 Å². The molecule has 2 aromatic rings. The molecular weight excluding hydrogens is 224 g/mol. The number of hydrogen-bond donors (Lipinski definition) is 1. The maximum absolute atomic E-state index is 5.61. The monoisotopic (exact) mass is 244 g/mol. The lowest BCUT2D eigenvalue weighted by molar-refractivity contribution is 0.530. The fourth-order valence-electron chi connectivity index (χ4n) is 2.11. The van der Waals surface area contributed by atoms with Crippen molar-refractivity contribution in [1.82, 2.24) is 4.98 Å². The average Bonchev–Trinajstić information content (AvgIpc) is 2.71. The summed E-state index contributed by atoms with van der Waals surface area (Å²) in [4.78, 5) is 4.25.